The highest BCUT2D eigenvalue weighted by Gasteiger charge is 2.30. The Morgan fingerprint density at radius 1 is 1.14 bits per heavy atom. The van der Waals surface area contributed by atoms with Crippen LogP contribution in [0.4, 0.5) is 18.9 Å². The van der Waals surface area contributed by atoms with Crippen LogP contribution in [0.1, 0.15) is 11.1 Å². The Morgan fingerprint density at radius 3 is 2.48 bits per heavy atom. The minimum atomic E-state index is -4.44. The number of rotatable bonds is 2. The number of aliphatic imine (C=N–C) groups is 1. The first-order chi connectivity index (χ1) is 9.77. The molecule has 1 N–H and O–H groups in total. The van der Waals surface area contributed by atoms with Crippen molar-refractivity contribution in [2.24, 2.45) is 4.99 Å². The van der Waals surface area contributed by atoms with Crippen LogP contribution in [0, 0.1) is 0 Å². The predicted molar refractivity (Wildman–Crippen MR) is 80.0 cm³/mol. The Balaban J connectivity index is 2.32. The number of phenolic OH excluding ortho intramolecular Hbond substituents is 1. The molecule has 0 unspecified atom stereocenters. The van der Waals surface area contributed by atoms with E-state index in [0.717, 1.165) is 17.6 Å². The lowest BCUT2D eigenvalue weighted by molar-refractivity contribution is -0.137. The number of phenols is 1. The first-order valence-corrected chi connectivity index (χ1v) is 6.35. The number of alkyl halides is 3. The summed E-state index contributed by atoms with van der Waals surface area (Å²) in [6, 6.07) is 7.88. The molecule has 0 saturated carbocycles. The molecule has 2 aromatic rings. The Kier molecular flexibility index (Phi) is 4.28. The fraction of sp³-hybridized carbons (Fsp3) is 0.0714. The number of hydrogen-bond acceptors (Lipinski definition) is 2. The highest BCUT2D eigenvalue weighted by molar-refractivity contribution is 6.33. The average molecular weight is 311 g/mol. The van der Waals surface area contributed by atoms with Gasteiger partial charge in [0.15, 0.2) is 0 Å². The zero-order chi connectivity index (χ0) is 15.6. The number of aromatic hydroxyl groups is 1. The van der Waals surface area contributed by atoms with Gasteiger partial charge in [-0.3, -0.25) is 4.99 Å². The summed E-state index contributed by atoms with van der Waals surface area (Å²) in [5, 5.41) is 9.56. The first kappa shape index (κ1) is 15.4. The van der Waals surface area contributed by atoms with Crippen molar-refractivity contribution in [2.45, 2.75) is 6.18 Å². The summed E-state index contributed by atoms with van der Waals surface area (Å²) in [6.45, 7) is 0. The van der Waals surface area contributed by atoms with Crippen molar-refractivity contribution in [3.63, 3.8) is 0 Å². The molecule has 0 heterocycles. The van der Waals surface area contributed by atoms with E-state index in [1.54, 1.807) is 12.1 Å². The SMILES string of the molecule is Bc1ccc(O)c(/C=N/c2ccc(C(F)(F)F)cc2Cl)c1. The van der Waals surface area contributed by atoms with Crippen molar-refractivity contribution >= 4 is 36.8 Å². The van der Waals surface area contributed by atoms with Crippen LogP contribution in [0.25, 0.3) is 0 Å². The summed E-state index contributed by atoms with van der Waals surface area (Å²) < 4.78 is 37.6. The minimum absolute atomic E-state index is 0.0346. The van der Waals surface area contributed by atoms with E-state index in [1.807, 2.05) is 7.85 Å². The molecule has 0 aliphatic heterocycles. The molecule has 21 heavy (non-hydrogen) atoms. The highest BCUT2D eigenvalue weighted by Crippen LogP contribution is 2.34. The van der Waals surface area contributed by atoms with Gasteiger partial charge in [-0.15, -0.1) is 0 Å². The Hall–Kier alpha value is -1.95. The van der Waals surface area contributed by atoms with Gasteiger partial charge < -0.3 is 5.11 Å². The molecule has 0 radical (unpaired) electrons. The second kappa shape index (κ2) is 5.81. The van der Waals surface area contributed by atoms with Crippen molar-refractivity contribution < 1.29 is 18.3 Å². The van der Waals surface area contributed by atoms with E-state index in [1.165, 1.54) is 18.3 Å². The van der Waals surface area contributed by atoms with Crippen LogP contribution >= 0.6 is 11.6 Å². The molecule has 0 atom stereocenters. The molecular weight excluding hydrogens is 301 g/mol. The summed E-state index contributed by atoms with van der Waals surface area (Å²) in [6.07, 6.45) is -3.09. The number of benzene rings is 2. The minimum Gasteiger partial charge on any atom is -0.507 e. The van der Waals surface area contributed by atoms with Gasteiger partial charge in [-0.05, 0) is 24.3 Å². The molecule has 2 aromatic carbocycles. The second-order valence-electron chi connectivity index (χ2n) is 4.48. The Bertz CT molecular complexity index is 701. The summed E-state index contributed by atoms with van der Waals surface area (Å²) in [7, 11) is 1.85. The van der Waals surface area contributed by atoms with Crippen LogP contribution in [-0.4, -0.2) is 19.2 Å². The second-order valence-corrected chi connectivity index (χ2v) is 4.89. The molecule has 2 nitrogen and oxygen atoms in total. The van der Waals surface area contributed by atoms with Gasteiger partial charge in [0, 0.05) is 11.8 Å². The molecule has 0 saturated heterocycles. The molecule has 0 aromatic heterocycles. The Morgan fingerprint density at radius 2 is 1.86 bits per heavy atom. The van der Waals surface area contributed by atoms with Crippen molar-refractivity contribution in [1.29, 1.82) is 0 Å². The third kappa shape index (κ3) is 3.79. The molecule has 2 rings (SSSR count). The third-order valence-electron chi connectivity index (χ3n) is 2.80. The molecule has 7 heteroatoms. The largest absolute Gasteiger partial charge is 0.507 e. The molecule has 0 aliphatic carbocycles. The molecule has 0 fully saturated rings. The lowest BCUT2D eigenvalue weighted by Crippen LogP contribution is -2.04. The van der Waals surface area contributed by atoms with Gasteiger partial charge in [-0.2, -0.15) is 13.2 Å². The Labute approximate surface area is 125 Å². The number of hydrogen-bond donors (Lipinski definition) is 1. The summed E-state index contributed by atoms with van der Waals surface area (Å²) in [5.74, 6) is 0.0346. The van der Waals surface area contributed by atoms with Crippen LogP contribution in [-0.2, 0) is 6.18 Å². The number of halogens is 4. The average Bonchev–Trinajstić information content (AvgIpc) is 2.40. The molecular formula is C14H10BClF3NO. The predicted octanol–water partition coefficient (Wildman–Crippen LogP) is 3.07. The molecule has 0 amide bonds. The quantitative estimate of drug-likeness (QED) is 0.671. The van der Waals surface area contributed by atoms with E-state index in [0.29, 0.717) is 5.56 Å². The topological polar surface area (TPSA) is 32.6 Å². The lowest BCUT2D eigenvalue weighted by Gasteiger charge is -2.07. The first-order valence-electron chi connectivity index (χ1n) is 5.98. The fourth-order valence-corrected chi connectivity index (χ4v) is 1.93. The van der Waals surface area contributed by atoms with Gasteiger partial charge in [-0.1, -0.05) is 29.2 Å². The van der Waals surface area contributed by atoms with Crippen LogP contribution in [0.5, 0.6) is 5.75 Å². The van der Waals surface area contributed by atoms with Crippen molar-refractivity contribution in [3.05, 3.63) is 52.5 Å². The molecule has 0 spiro atoms. The molecule has 0 aliphatic rings. The van der Waals surface area contributed by atoms with Crippen molar-refractivity contribution in [1.82, 2.24) is 0 Å². The molecule has 0 bridgehead atoms. The van der Waals surface area contributed by atoms with Crippen LogP contribution < -0.4 is 5.46 Å². The van der Waals surface area contributed by atoms with E-state index >= 15 is 0 Å². The van der Waals surface area contributed by atoms with E-state index in [-0.39, 0.29) is 16.5 Å². The molecule has 108 valence electrons. The van der Waals surface area contributed by atoms with Crippen molar-refractivity contribution in [2.75, 3.05) is 0 Å². The van der Waals surface area contributed by atoms with Gasteiger partial charge >= 0.3 is 6.18 Å². The highest BCUT2D eigenvalue weighted by atomic mass is 35.5. The summed E-state index contributed by atoms with van der Waals surface area (Å²) >= 11 is 5.80. The van der Waals surface area contributed by atoms with E-state index in [2.05, 4.69) is 4.99 Å². The zero-order valence-electron chi connectivity index (χ0n) is 10.9. The van der Waals surface area contributed by atoms with Crippen LogP contribution in [0.3, 0.4) is 0 Å². The standard InChI is InChI=1S/C14H10BClF3NO/c15-10-2-4-13(21)8(5-10)7-20-12-3-1-9(6-11(12)16)14(17,18)19/h1-7,21H,15H2/b20-7+. The van der Waals surface area contributed by atoms with Crippen LogP contribution in [0.15, 0.2) is 41.4 Å². The maximum absolute atomic E-state index is 12.5. The summed E-state index contributed by atoms with van der Waals surface area (Å²) in [5.41, 5.74) is 0.758. The van der Waals surface area contributed by atoms with E-state index in [4.69, 9.17) is 11.6 Å². The van der Waals surface area contributed by atoms with Gasteiger partial charge in [0.05, 0.1) is 16.3 Å². The third-order valence-corrected chi connectivity index (χ3v) is 3.10. The van der Waals surface area contributed by atoms with Crippen LogP contribution in [0.2, 0.25) is 5.02 Å². The van der Waals surface area contributed by atoms with Gasteiger partial charge in [0.25, 0.3) is 0 Å². The number of nitrogens with zero attached hydrogens (tertiary/aromatic N) is 1. The zero-order valence-corrected chi connectivity index (χ0v) is 11.7. The van der Waals surface area contributed by atoms with E-state index in [9.17, 15) is 18.3 Å². The maximum atomic E-state index is 12.5. The van der Waals surface area contributed by atoms with Gasteiger partial charge in [-0.25, -0.2) is 0 Å². The fourth-order valence-electron chi connectivity index (χ4n) is 1.70. The summed E-state index contributed by atoms with van der Waals surface area (Å²) in [4.78, 5) is 4.02. The van der Waals surface area contributed by atoms with Gasteiger partial charge in [0.1, 0.15) is 13.6 Å². The van der Waals surface area contributed by atoms with Gasteiger partial charge in [0.2, 0.25) is 0 Å². The monoisotopic (exact) mass is 311 g/mol. The maximum Gasteiger partial charge on any atom is 0.416 e. The van der Waals surface area contributed by atoms with Crippen molar-refractivity contribution in [3.8, 4) is 5.75 Å². The normalized spacial score (nSPS) is 12.0. The van der Waals surface area contributed by atoms with E-state index < -0.39 is 11.7 Å². The lowest BCUT2D eigenvalue weighted by atomic mass is 9.94. The smallest absolute Gasteiger partial charge is 0.416 e.